The first-order chi connectivity index (χ1) is 17.3. The van der Waals surface area contributed by atoms with Crippen molar-refractivity contribution < 1.29 is 38.9 Å². The van der Waals surface area contributed by atoms with E-state index in [1.54, 1.807) is 20.8 Å². The largest absolute Gasteiger partial charge is 0.507 e. The molecule has 12 heteroatoms. The quantitative estimate of drug-likeness (QED) is 0.218. The molecule has 0 radical (unpaired) electrons. The summed E-state index contributed by atoms with van der Waals surface area (Å²) in [6.45, 7) is 4.81. The summed E-state index contributed by atoms with van der Waals surface area (Å²) in [5, 5.41) is 21.0. The molecule has 0 heterocycles. The Bertz CT molecular complexity index is 1200. The molecule has 37 heavy (non-hydrogen) atoms. The van der Waals surface area contributed by atoms with Crippen LogP contribution in [0.15, 0.2) is 36.4 Å². The molecule has 0 aromatic heterocycles. The first kappa shape index (κ1) is 29.1. The maximum absolute atomic E-state index is 13.1. The lowest BCUT2D eigenvalue weighted by atomic mass is 9.76. The Morgan fingerprint density at radius 3 is 1.70 bits per heavy atom. The van der Waals surface area contributed by atoms with Gasteiger partial charge in [-0.3, -0.25) is 19.2 Å². The molecule has 0 aliphatic carbocycles. The van der Waals surface area contributed by atoms with Crippen LogP contribution >= 0.6 is 0 Å². The molecule has 12 nitrogen and oxygen atoms in total. The zero-order valence-corrected chi connectivity index (χ0v) is 21.3. The number of aromatic hydroxyl groups is 2. The highest BCUT2D eigenvalue weighted by molar-refractivity contribution is 6.07. The topological polar surface area (TPSA) is 186 Å². The number of ether oxygens (including phenoxy) is 2. The molecule has 0 aliphatic rings. The lowest BCUT2D eigenvalue weighted by Crippen LogP contribution is -2.51. The van der Waals surface area contributed by atoms with E-state index in [9.17, 15) is 29.4 Å². The summed E-state index contributed by atoms with van der Waals surface area (Å²) in [5.41, 5.74) is -1.57. The number of methoxy groups -OCH3 is 2. The van der Waals surface area contributed by atoms with Gasteiger partial charge in [0.05, 0.1) is 25.3 Å². The smallest absolute Gasteiger partial charge is 0.278 e. The second kappa shape index (κ2) is 11.7. The number of nitrogens with zero attached hydrogens (tertiary/aromatic N) is 2. The highest BCUT2D eigenvalue weighted by Crippen LogP contribution is 2.33. The number of hydrogen-bond acceptors (Lipinski definition) is 10. The average molecular weight is 517 g/mol. The van der Waals surface area contributed by atoms with Crippen LogP contribution in [-0.2, 0) is 9.59 Å². The third-order valence-electron chi connectivity index (χ3n) is 6.37. The van der Waals surface area contributed by atoms with E-state index >= 15 is 0 Å². The molecular formula is C25H32N4O8. The highest BCUT2D eigenvalue weighted by atomic mass is 16.5. The van der Waals surface area contributed by atoms with Crippen molar-refractivity contribution in [2.75, 3.05) is 14.2 Å². The number of benzene rings is 2. The minimum absolute atomic E-state index is 0.128. The van der Waals surface area contributed by atoms with E-state index in [0.717, 1.165) is 0 Å². The van der Waals surface area contributed by atoms with Crippen molar-refractivity contribution in [2.24, 2.45) is 23.0 Å². The maximum atomic E-state index is 13.1. The lowest BCUT2D eigenvalue weighted by Gasteiger charge is -2.33. The summed E-state index contributed by atoms with van der Waals surface area (Å²) in [6.07, 6.45) is -0.0716. The van der Waals surface area contributed by atoms with Gasteiger partial charge in [0.15, 0.2) is 0 Å². The van der Waals surface area contributed by atoms with Crippen LogP contribution in [0.5, 0.6) is 23.0 Å². The normalized spacial score (nSPS) is 11.9. The van der Waals surface area contributed by atoms with Crippen LogP contribution in [0.4, 0.5) is 0 Å². The van der Waals surface area contributed by atoms with E-state index in [1.165, 1.54) is 50.6 Å². The van der Waals surface area contributed by atoms with Gasteiger partial charge in [-0.2, -0.15) is 0 Å². The number of nitrogens with two attached hydrogens (primary N) is 2. The summed E-state index contributed by atoms with van der Waals surface area (Å²) in [4.78, 5) is 51.0. The first-order valence-electron chi connectivity index (χ1n) is 11.3. The highest BCUT2D eigenvalue weighted by Gasteiger charge is 2.39. The van der Waals surface area contributed by atoms with Gasteiger partial charge in [-0.15, -0.1) is 0 Å². The molecule has 6 N–H and O–H groups in total. The third-order valence-corrected chi connectivity index (χ3v) is 6.37. The Morgan fingerprint density at radius 1 is 0.865 bits per heavy atom. The first-order valence-corrected chi connectivity index (χ1v) is 11.3. The molecule has 1 atom stereocenters. The minimum atomic E-state index is -1.20. The Balaban J connectivity index is 2.05. The van der Waals surface area contributed by atoms with Crippen molar-refractivity contribution in [3.63, 3.8) is 0 Å². The van der Waals surface area contributed by atoms with Crippen LogP contribution < -0.4 is 21.2 Å². The number of hydrogen-bond donors (Lipinski definition) is 4. The van der Waals surface area contributed by atoms with E-state index < -0.39 is 46.5 Å². The van der Waals surface area contributed by atoms with Crippen LogP contribution in [0.2, 0.25) is 0 Å². The SMILES string of the molecule is COc1ccc(C(=O)N(N)C(=O)CCC(C)C(C)(C)C(=O)N(N)C(=O)c2ccc(OC)cc2O)c(O)c1. The van der Waals surface area contributed by atoms with Crippen molar-refractivity contribution >= 4 is 23.6 Å². The Kier molecular flexibility index (Phi) is 9.21. The minimum Gasteiger partial charge on any atom is -0.507 e. The van der Waals surface area contributed by atoms with Gasteiger partial charge >= 0.3 is 0 Å². The molecule has 0 bridgehead atoms. The molecule has 0 fully saturated rings. The number of phenolic OH excluding ortho intramolecular Hbond substituents is 2. The molecule has 0 spiro atoms. The number of rotatable bonds is 9. The fourth-order valence-electron chi connectivity index (χ4n) is 3.45. The number of phenols is 2. The third kappa shape index (κ3) is 6.35. The molecule has 2 aromatic carbocycles. The molecule has 200 valence electrons. The van der Waals surface area contributed by atoms with Gasteiger partial charge in [-0.05, 0) is 36.6 Å². The number of carbonyl (C=O) groups excluding carboxylic acids is 4. The molecule has 2 rings (SSSR count). The van der Waals surface area contributed by atoms with Gasteiger partial charge in [-0.25, -0.2) is 21.7 Å². The second-order valence-electron chi connectivity index (χ2n) is 8.98. The summed E-state index contributed by atoms with van der Waals surface area (Å²) in [6, 6.07) is 7.88. The van der Waals surface area contributed by atoms with Crippen molar-refractivity contribution in [1.29, 1.82) is 0 Å². The van der Waals surface area contributed by atoms with Crippen LogP contribution in [0, 0.1) is 11.3 Å². The van der Waals surface area contributed by atoms with Gasteiger partial charge in [-0.1, -0.05) is 20.8 Å². The number of carbonyl (C=O) groups is 4. The summed E-state index contributed by atoms with van der Waals surface area (Å²) in [5.74, 6) is 7.56. The Labute approximate surface area is 214 Å². The fraction of sp³-hybridized carbons (Fsp3) is 0.360. The summed E-state index contributed by atoms with van der Waals surface area (Å²) >= 11 is 0. The van der Waals surface area contributed by atoms with Gasteiger partial charge < -0.3 is 19.7 Å². The van der Waals surface area contributed by atoms with E-state index in [0.29, 0.717) is 21.5 Å². The predicted molar refractivity (Wildman–Crippen MR) is 132 cm³/mol. The number of hydrazine groups is 2. The van der Waals surface area contributed by atoms with Gasteiger partial charge in [0.25, 0.3) is 11.8 Å². The van der Waals surface area contributed by atoms with E-state index in [2.05, 4.69) is 0 Å². The Morgan fingerprint density at radius 2 is 1.30 bits per heavy atom. The van der Waals surface area contributed by atoms with Crippen molar-refractivity contribution in [2.45, 2.75) is 33.6 Å². The zero-order valence-electron chi connectivity index (χ0n) is 21.3. The van der Waals surface area contributed by atoms with Crippen LogP contribution in [0.3, 0.4) is 0 Å². The van der Waals surface area contributed by atoms with E-state index in [-0.39, 0.29) is 24.0 Å². The number of amides is 4. The molecule has 4 amide bonds. The molecule has 2 aromatic rings. The molecule has 0 saturated carbocycles. The van der Waals surface area contributed by atoms with Crippen LogP contribution in [0.25, 0.3) is 0 Å². The Hall–Kier alpha value is -4.16. The fourth-order valence-corrected chi connectivity index (χ4v) is 3.45. The molecule has 0 saturated heterocycles. The second-order valence-corrected chi connectivity index (χ2v) is 8.98. The standard InChI is InChI=1S/C25H32N4O8/c1-14(6-11-21(32)28(26)22(33)17-9-7-15(36-4)12-19(17)30)25(2,3)24(35)29(27)23(34)18-10-8-16(37-5)13-20(18)31/h7-10,12-14,30-31H,6,11,26-27H2,1-5H3. The van der Waals surface area contributed by atoms with Crippen molar-refractivity contribution in [3.05, 3.63) is 47.5 Å². The summed E-state index contributed by atoms with van der Waals surface area (Å²) < 4.78 is 9.94. The molecular weight excluding hydrogens is 484 g/mol. The molecule has 0 aliphatic heterocycles. The van der Waals surface area contributed by atoms with Gasteiger partial charge in [0.1, 0.15) is 23.0 Å². The average Bonchev–Trinajstić information content (AvgIpc) is 2.88. The monoisotopic (exact) mass is 516 g/mol. The van der Waals surface area contributed by atoms with E-state index in [4.69, 9.17) is 21.2 Å². The van der Waals surface area contributed by atoms with Crippen molar-refractivity contribution in [1.82, 2.24) is 10.0 Å². The van der Waals surface area contributed by atoms with E-state index in [1.807, 2.05) is 0 Å². The van der Waals surface area contributed by atoms with Crippen LogP contribution in [0.1, 0.15) is 54.3 Å². The van der Waals surface area contributed by atoms with Crippen molar-refractivity contribution in [3.8, 4) is 23.0 Å². The maximum Gasteiger partial charge on any atom is 0.278 e. The number of imide groups is 2. The lowest BCUT2D eigenvalue weighted by molar-refractivity contribution is -0.141. The van der Waals surface area contributed by atoms with Crippen LogP contribution in [-0.4, -0.2) is 58.1 Å². The zero-order chi connectivity index (χ0) is 28.1. The molecule has 1 unspecified atom stereocenters. The van der Waals surface area contributed by atoms with Gasteiger partial charge in [0, 0.05) is 24.0 Å². The summed E-state index contributed by atoms with van der Waals surface area (Å²) in [7, 11) is 2.79. The van der Waals surface area contributed by atoms with Gasteiger partial charge in [0.2, 0.25) is 11.8 Å². The predicted octanol–water partition coefficient (Wildman–Crippen LogP) is 1.94.